The van der Waals surface area contributed by atoms with E-state index < -0.39 is 0 Å². The Labute approximate surface area is 131 Å². The van der Waals surface area contributed by atoms with Gasteiger partial charge in [-0.1, -0.05) is 29.8 Å². The summed E-state index contributed by atoms with van der Waals surface area (Å²) in [6.07, 6.45) is 0.823. The summed E-state index contributed by atoms with van der Waals surface area (Å²) in [5.74, 6) is 0.476. The maximum absolute atomic E-state index is 12.0. The van der Waals surface area contributed by atoms with Crippen LogP contribution in [0.2, 0.25) is 0 Å². The number of hydrogen-bond donors (Lipinski definition) is 1. The van der Waals surface area contributed by atoms with Crippen LogP contribution in [0, 0.1) is 5.92 Å². The zero-order valence-corrected chi connectivity index (χ0v) is 14.4. The highest BCUT2D eigenvalue weighted by atomic mass is 79.9. The standard InChI is InChI=1S/C14H19Br2NO2/c1-10(2)9-19-7-3-6-17-14(18)12-8-11(15)4-5-13(12)16/h4-5,8,10H,3,6-7,9H2,1-2H3,(H,17,18). The Morgan fingerprint density at radius 2 is 2.11 bits per heavy atom. The van der Waals surface area contributed by atoms with Gasteiger partial charge in [0, 0.05) is 28.7 Å². The van der Waals surface area contributed by atoms with Crippen LogP contribution in [0.5, 0.6) is 0 Å². The maximum Gasteiger partial charge on any atom is 0.252 e. The predicted octanol–water partition coefficient (Wildman–Crippen LogP) is 4.00. The van der Waals surface area contributed by atoms with Crippen molar-refractivity contribution in [2.24, 2.45) is 5.92 Å². The first kappa shape index (κ1) is 16.7. The first-order valence-corrected chi connectivity index (χ1v) is 7.90. The van der Waals surface area contributed by atoms with Gasteiger partial charge in [-0.05, 0) is 46.5 Å². The number of benzene rings is 1. The van der Waals surface area contributed by atoms with Crippen LogP contribution in [0.25, 0.3) is 0 Å². The van der Waals surface area contributed by atoms with E-state index in [9.17, 15) is 4.79 Å². The van der Waals surface area contributed by atoms with Gasteiger partial charge >= 0.3 is 0 Å². The molecule has 5 heteroatoms. The summed E-state index contributed by atoms with van der Waals surface area (Å²) in [5, 5.41) is 2.89. The van der Waals surface area contributed by atoms with Crippen molar-refractivity contribution in [2.75, 3.05) is 19.8 Å². The number of halogens is 2. The van der Waals surface area contributed by atoms with Gasteiger partial charge in [-0.25, -0.2) is 0 Å². The Kier molecular flexibility index (Phi) is 7.64. The van der Waals surface area contributed by atoms with Crippen molar-refractivity contribution in [3.05, 3.63) is 32.7 Å². The van der Waals surface area contributed by atoms with E-state index >= 15 is 0 Å². The molecule has 0 unspecified atom stereocenters. The molecule has 0 aromatic heterocycles. The minimum Gasteiger partial charge on any atom is -0.381 e. The molecule has 106 valence electrons. The second kappa shape index (κ2) is 8.72. The van der Waals surface area contributed by atoms with Crippen LogP contribution >= 0.6 is 31.9 Å². The largest absolute Gasteiger partial charge is 0.381 e. The van der Waals surface area contributed by atoms with Crippen molar-refractivity contribution in [3.63, 3.8) is 0 Å². The highest BCUT2D eigenvalue weighted by molar-refractivity contribution is 9.11. The van der Waals surface area contributed by atoms with Crippen molar-refractivity contribution in [3.8, 4) is 0 Å². The monoisotopic (exact) mass is 391 g/mol. The lowest BCUT2D eigenvalue weighted by atomic mass is 10.2. The quantitative estimate of drug-likeness (QED) is 0.712. The van der Waals surface area contributed by atoms with Crippen molar-refractivity contribution in [1.29, 1.82) is 0 Å². The van der Waals surface area contributed by atoms with Gasteiger partial charge < -0.3 is 10.1 Å². The van der Waals surface area contributed by atoms with E-state index in [-0.39, 0.29) is 5.91 Å². The second-order valence-electron chi connectivity index (χ2n) is 4.70. The fraction of sp³-hybridized carbons (Fsp3) is 0.500. The highest BCUT2D eigenvalue weighted by Crippen LogP contribution is 2.21. The number of hydrogen-bond acceptors (Lipinski definition) is 2. The Bertz CT molecular complexity index is 422. The molecule has 0 bridgehead atoms. The summed E-state index contributed by atoms with van der Waals surface area (Å²) < 4.78 is 7.14. The predicted molar refractivity (Wildman–Crippen MR) is 84.4 cm³/mol. The Hall–Kier alpha value is -0.390. The third-order valence-electron chi connectivity index (χ3n) is 2.38. The summed E-state index contributed by atoms with van der Waals surface area (Å²) in [6, 6.07) is 5.54. The number of nitrogens with one attached hydrogen (secondary N) is 1. The van der Waals surface area contributed by atoms with Gasteiger partial charge in [-0.15, -0.1) is 0 Å². The second-order valence-corrected chi connectivity index (χ2v) is 6.47. The first-order chi connectivity index (χ1) is 9.00. The molecule has 0 saturated heterocycles. The molecule has 0 heterocycles. The third-order valence-corrected chi connectivity index (χ3v) is 3.56. The average molecular weight is 393 g/mol. The normalized spacial score (nSPS) is 10.8. The van der Waals surface area contributed by atoms with Gasteiger partial charge in [0.15, 0.2) is 0 Å². The molecule has 1 rings (SSSR count). The fourth-order valence-electron chi connectivity index (χ4n) is 1.46. The highest BCUT2D eigenvalue weighted by Gasteiger charge is 2.09. The SMILES string of the molecule is CC(C)COCCCNC(=O)c1cc(Br)ccc1Br. The van der Waals surface area contributed by atoms with Gasteiger partial charge in [0.2, 0.25) is 0 Å². The third kappa shape index (κ3) is 6.54. The zero-order valence-electron chi connectivity index (χ0n) is 11.2. The van der Waals surface area contributed by atoms with Crippen molar-refractivity contribution < 1.29 is 9.53 Å². The molecule has 1 aromatic rings. The van der Waals surface area contributed by atoms with Gasteiger partial charge in [0.25, 0.3) is 5.91 Å². The van der Waals surface area contributed by atoms with E-state index in [2.05, 4.69) is 51.0 Å². The van der Waals surface area contributed by atoms with Gasteiger partial charge in [-0.3, -0.25) is 4.79 Å². The van der Waals surface area contributed by atoms with Gasteiger partial charge in [0.05, 0.1) is 5.56 Å². The number of carbonyl (C=O) groups is 1. The van der Waals surface area contributed by atoms with E-state index in [0.717, 1.165) is 22.0 Å². The van der Waals surface area contributed by atoms with Crippen LogP contribution in [0.4, 0.5) is 0 Å². The van der Waals surface area contributed by atoms with Crippen LogP contribution < -0.4 is 5.32 Å². The minimum absolute atomic E-state index is 0.0722. The van der Waals surface area contributed by atoms with E-state index in [4.69, 9.17) is 4.74 Å². The maximum atomic E-state index is 12.0. The van der Waals surface area contributed by atoms with Crippen LogP contribution in [0.1, 0.15) is 30.6 Å². The number of amides is 1. The fourth-order valence-corrected chi connectivity index (χ4v) is 2.25. The number of carbonyl (C=O) groups excluding carboxylic acids is 1. The van der Waals surface area contributed by atoms with E-state index in [1.165, 1.54) is 0 Å². The number of rotatable bonds is 7. The molecular weight excluding hydrogens is 374 g/mol. The molecule has 0 aliphatic heterocycles. The Balaban J connectivity index is 2.29. The van der Waals surface area contributed by atoms with Gasteiger partial charge in [-0.2, -0.15) is 0 Å². The first-order valence-electron chi connectivity index (χ1n) is 6.31. The van der Waals surface area contributed by atoms with Crippen LogP contribution in [-0.2, 0) is 4.74 Å². The number of ether oxygens (including phenoxy) is 1. The summed E-state index contributed by atoms with van der Waals surface area (Å²) in [7, 11) is 0. The molecule has 1 aromatic carbocycles. The van der Waals surface area contributed by atoms with Crippen molar-refractivity contribution in [2.45, 2.75) is 20.3 Å². The molecular formula is C14H19Br2NO2. The van der Waals surface area contributed by atoms with E-state index in [1.54, 1.807) is 6.07 Å². The Morgan fingerprint density at radius 3 is 2.79 bits per heavy atom. The average Bonchev–Trinajstić information content (AvgIpc) is 2.36. The molecule has 0 atom stereocenters. The molecule has 0 aliphatic carbocycles. The molecule has 0 spiro atoms. The zero-order chi connectivity index (χ0) is 14.3. The lowest BCUT2D eigenvalue weighted by Gasteiger charge is -2.09. The van der Waals surface area contributed by atoms with Crippen molar-refractivity contribution in [1.82, 2.24) is 5.32 Å². The molecule has 0 saturated carbocycles. The molecule has 0 fully saturated rings. The summed E-state index contributed by atoms with van der Waals surface area (Å²) >= 11 is 6.73. The molecule has 19 heavy (non-hydrogen) atoms. The van der Waals surface area contributed by atoms with Crippen LogP contribution in [0.15, 0.2) is 27.1 Å². The molecule has 1 N–H and O–H groups in total. The summed E-state index contributed by atoms with van der Waals surface area (Å²) in [5.41, 5.74) is 0.637. The van der Waals surface area contributed by atoms with E-state index in [1.807, 2.05) is 12.1 Å². The minimum atomic E-state index is -0.0722. The molecule has 0 aliphatic rings. The smallest absolute Gasteiger partial charge is 0.252 e. The lowest BCUT2D eigenvalue weighted by Crippen LogP contribution is -2.25. The molecule has 1 amide bonds. The molecule has 0 radical (unpaired) electrons. The topological polar surface area (TPSA) is 38.3 Å². The lowest BCUT2D eigenvalue weighted by molar-refractivity contribution is 0.0924. The Morgan fingerprint density at radius 1 is 1.37 bits per heavy atom. The van der Waals surface area contributed by atoms with Crippen molar-refractivity contribution >= 4 is 37.8 Å². The van der Waals surface area contributed by atoms with Gasteiger partial charge in [0.1, 0.15) is 0 Å². The van der Waals surface area contributed by atoms with Crippen LogP contribution in [-0.4, -0.2) is 25.7 Å². The van der Waals surface area contributed by atoms with E-state index in [0.29, 0.717) is 24.6 Å². The van der Waals surface area contributed by atoms with Crippen LogP contribution in [0.3, 0.4) is 0 Å². The summed E-state index contributed by atoms with van der Waals surface area (Å²) in [6.45, 7) is 6.30. The summed E-state index contributed by atoms with van der Waals surface area (Å²) in [4.78, 5) is 12.0. The molecule has 3 nitrogen and oxygen atoms in total.